The van der Waals surface area contributed by atoms with Gasteiger partial charge < -0.3 is 9.47 Å². The first-order valence-electron chi connectivity index (χ1n) is 5.60. The molecule has 0 radical (unpaired) electrons. The highest BCUT2D eigenvalue weighted by Crippen LogP contribution is 2.31. The summed E-state index contributed by atoms with van der Waals surface area (Å²) in [4.78, 5) is 0. The maximum atomic E-state index is 5.27. The molecule has 1 aliphatic carbocycles. The summed E-state index contributed by atoms with van der Waals surface area (Å²) in [5, 5.41) is 0. The van der Waals surface area contributed by atoms with Crippen molar-refractivity contribution < 1.29 is 9.47 Å². The Morgan fingerprint density at radius 2 is 1.76 bits per heavy atom. The molecule has 0 aliphatic heterocycles. The molecule has 2 heteroatoms. The molecular weight excluding hydrogens is 212 g/mol. The van der Waals surface area contributed by atoms with E-state index in [0.29, 0.717) is 5.95 Å². The zero-order valence-corrected chi connectivity index (χ0v) is 10.1. The molecule has 0 spiro atoms. The fourth-order valence-electron chi connectivity index (χ4n) is 1.97. The second-order valence-corrected chi connectivity index (χ2v) is 3.75. The van der Waals surface area contributed by atoms with Crippen LogP contribution in [0.25, 0.3) is 5.57 Å². The van der Waals surface area contributed by atoms with Gasteiger partial charge in [0.1, 0.15) is 0 Å². The minimum atomic E-state index is 0.587. The maximum absolute atomic E-state index is 5.27. The first-order valence-corrected chi connectivity index (χ1v) is 5.60. The van der Waals surface area contributed by atoms with Gasteiger partial charge in [0, 0.05) is 5.57 Å². The summed E-state index contributed by atoms with van der Waals surface area (Å²) in [6.07, 6.45) is 7.08. The average molecular weight is 228 g/mol. The lowest BCUT2D eigenvalue weighted by atomic mass is 9.92. The van der Waals surface area contributed by atoms with Gasteiger partial charge in [-0.15, -0.1) is 0 Å². The molecule has 0 amide bonds. The number of rotatable bonds is 3. The van der Waals surface area contributed by atoms with E-state index in [4.69, 9.17) is 9.47 Å². The minimum absolute atomic E-state index is 0.587. The van der Waals surface area contributed by atoms with Gasteiger partial charge in [-0.05, 0) is 17.6 Å². The summed E-state index contributed by atoms with van der Waals surface area (Å²) in [6.45, 7) is 0. The summed E-state index contributed by atoms with van der Waals surface area (Å²) in [7, 11) is 3.26. The second-order valence-electron chi connectivity index (χ2n) is 3.75. The van der Waals surface area contributed by atoms with Crippen LogP contribution in [0.4, 0.5) is 0 Å². The van der Waals surface area contributed by atoms with E-state index in [1.165, 1.54) is 5.56 Å². The van der Waals surface area contributed by atoms with E-state index in [9.17, 15) is 0 Å². The van der Waals surface area contributed by atoms with Crippen LogP contribution in [0.3, 0.4) is 0 Å². The fraction of sp³-hybridized carbons (Fsp3) is 0.200. The molecule has 0 fully saturated rings. The van der Waals surface area contributed by atoms with Crippen LogP contribution in [0.2, 0.25) is 0 Å². The van der Waals surface area contributed by atoms with Gasteiger partial charge in [-0.2, -0.15) is 0 Å². The predicted octanol–water partition coefficient (Wildman–Crippen LogP) is 3.53. The average Bonchev–Trinajstić information content (AvgIpc) is 2.42. The van der Waals surface area contributed by atoms with E-state index in [0.717, 1.165) is 17.6 Å². The molecule has 0 N–H and O–H groups in total. The molecule has 1 aromatic carbocycles. The summed E-state index contributed by atoms with van der Waals surface area (Å²) in [6, 6.07) is 10.3. The van der Waals surface area contributed by atoms with Crippen LogP contribution < -0.4 is 0 Å². The Balaban J connectivity index is 2.46. The third-order valence-electron chi connectivity index (χ3n) is 2.75. The quantitative estimate of drug-likeness (QED) is 0.737. The number of hydrogen-bond acceptors (Lipinski definition) is 2. The standard InChI is InChI=1S/C15H16O2/c1-16-15(17-2)14-11-7-6-10-13(14)12-8-4-3-5-9-12/h3-10H,11H2,1-2H3. The molecule has 0 unspecified atom stereocenters. The van der Waals surface area contributed by atoms with Crippen molar-refractivity contribution in [3.05, 3.63) is 65.6 Å². The molecule has 0 heterocycles. The van der Waals surface area contributed by atoms with Gasteiger partial charge in [-0.25, -0.2) is 0 Å². The Hall–Kier alpha value is -1.96. The molecule has 2 nitrogen and oxygen atoms in total. The SMILES string of the molecule is COC(OC)=C1CC=CC=C1c1ccccc1. The van der Waals surface area contributed by atoms with Gasteiger partial charge in [0.25, 0.3) is 5.95 Å². The number of hydrogen-bond donors (Lipinski definition) is 0. The molecule has 1 aromatic rings. The van der Waals surface area contributed by atoms with E-state index < -0.39 is 0 Å². The van der Waals surface area contributed by atoms with E-state index in [2.05, 4.69) is 30.4 Å². The van der Waals surface area contributed by atoms with E-state index >= 15 is 0 Å². The topological polar surface area (TPSA) is 18.5 Å². The van der Waals surface area contributed by atoms with Gasteiger partial charge in [0.15, 0.2) is 0 Å². The van der Waals surface area contributed by atoms with Crippen molar-refractivity contribution in [2.24, 2.45) is 0 Å². The molecular formula is C15H16O2. The van der Waals surface area contributed by atoms with E-state index in [-0.39, 0.29) is 0 Å². The minimum Gasteiger partial charge on any atom is -0.469 e. The molecule has 1 aliphatic rings. The third-order valence-corrected chi connectivity index (χ3v) is 2.75. The highest BCUT2D eigenvalue weighted by molar-refractivity contribution is 5.81. The van der Waals surface area contributed by atoms with Crippen LogP contribution in [0.15, 0.2) is 60.1 Å². The van der Waals surface area contributed by atoms with Crippen LogP contribution in [-0.2, 0) is 9.47 Å². The smallest absolute Gasteiger partial charge is 0.282 e. The number of benzene rings is 1. The largest absolute Gasteiger partial charge is 0.469 e. The van der Waals surface area contributed by atoms with Crippen molar-refractivity contribution in [1.29, 1.82) is 0 Å². The third kappa shape index (κ3) is 2.41. The zero-order chi connectivity index (χ0) is 12.1. The van der Waals surface area contributed by atoms with Gasteiger partial charge in [0.05, 0.1) is 14.2 Å². The Morgan fingerprint density at radius 3 is 2.41 bits per heavy atom. The van der Waals surface area contributed by atoms with Gasteiger partial charge in [-0.3, -0.25) is 0 Å². The summed E-state index contributed by atoms with van der Waals surface area (Å²) < 4.78 is 10.5. The van der Waals surface area contributed by atoms with E-state index in [1.54, 1.807) is 14.2 Å². The molecule has 17 heavy (non-hydrogen) atoms. The highest BCUT2D eigenvalue weighted by atomic mass is 16.7. The molecule has 0 saturated heterocycles. The van der Waals surface area contributed by atoms with Crippen molar-refractivity contribution in [1.82, 2.24) is 0 Å². The Bertz CT molecular complexity index is 461. The Kier molecular flexibility index (Phi) is 3.66. The normalized spacial score (nSPS) is 14.2. The van der Waals surface area contributed by atoms with Crippen LogP contribution in [-0.4, -0.2) is 14.2 Å². The van der Waals surface area contributed by atoms with Crippen molar-refractivity contribution in [2.75, 3.05) is 14.2 Å². The second kappa shape index (κ2) is 5.39. The first kappa shape index (κ1) is 11.5. The molecule has 0 saturated carbocycles. The van der Waals surface area contributed by atoms with Gasteiger partial charge >= 0.3 is 0 Å². The Morgan fingerprint density at radius 1 is 1.06 bits per heavy atom. The van der Waals surface area contributed by atoms with Crippen LogP contribution in [0, 0.1) is 0 Å². The van der Waals surface area contributed by atoms with Crippen LogP contribution in [0.1, 0.15) is 12.0 Å². The number of methoxy groups -OCH3 is 2. The van der Waals surface area contributed by atoms with Crippen molar-refractivity contribution in [3.8, 4) is 0 Å². The van der Waals surface area contributed by atoms with Crippen molar-refractivity contribution >= 4 is 5.57 Å². The summed E-state index contributed by atoms with van der Waals surface area (Å²) >= 11 is 0. The lowest BCUT2D eigenvalue weighted by Crippen LogP contribution is -2.01. The molecule has 0 bridgehead atoms. The zero-order valence-electron chi connectivity index (χ0n) is 10.1. The molecule has 2 rings (SSSR count). The van der Waals surface area contributed by atoms with Gasteiger partial charge in [-0.1, -0.05) is 48.6 Å². The Labute approximate surface area is 102 Å². The lowest BCUT2D eigenvalue weighted by molar-refractivity contribution is 0.0918. The fourth-order valence-corrected chi connectivity index (χ4v) is 1.97. The van der Waals surface area contributed by atoms with Crippen LogP contribution >= 0.6 is 0 Å². The van der Waals surface area contributed by atoms with E-state index in [1.807, 2.05) is 18.2 Å². The first-order chi connectivity index (χ1) is 8.36. The summed E-state index contributed by atoms with van der Waals surface area (Å²) in [5.74, 6) is 0.587. The summed E-state index contributed by atoms with van der Waals surface area (Å²) in [5.41, 5.74) is 3.42. The number of ether oxygens (including phenoxy) is 2. The lowest BCUT2D eigenvalue weighted by Gasteiger charge is -2.17. The van der Waals surface area contributed by atoms with Crippen LogP contribution in [0.5, 0.6) is 0 Å². The molecule has 88 valence electrons. The molecule has 0 aromatic heterocycles. The maximum Gasteiger partial charge on any atom is 0.282 e. The predicted molar refractivity (Wildman–Crippen MR) is 69.2 cm³/mol. The van der Waals surface area contributed by atoms with Crippen molar-refractivity contribution in [2.45, 2.75) is 6.42 Å². The molecule has 0 atom stereocenters. The highest BCUT2D eigenvalue weighted by Gasteiger charge is 2.15. The van der Waals surface area contributed by atoms with Gasteiger partial charge in [0.2, 0.25) is 0 Å². The monoisotopic (exact) mass is 228 g/mol. The van der Waals surface area contributed by atoms with Crippen molar-refractivity contribution in [3.63, 3.8) is 0 Å². The number of allylic oxidation sites excluding steroid dienone is 5.